The normalized spacial score (nSPS) is 22.7. The van der Waals surface area contributed by atoms with Crippen molar-refractivity contribution in [2.45, 2.75) is 77.7 Å². The lowest BCUT2D eigenvalue weighted by molar-refractivity contribution is -0.135. The highest BCUT2D eigenvalue weighted by molar-refractivity contribution is 5.79. The molecule has 3 heteroatoms. The van der Waals surface area contributed by atoms with Crippen LogP contribution in [0.4, 0.5) is 0 Å². The third-order valence-corrected chi connectivity index (χ3v) is 4.20. The molecule has 112 valence electrons. The minimum absolute atomic E-state index is 0.207. The summed E-state index contributed by atoms with van der Waals surface area (Å²) < 4.78 is 0. The maximum atomic E-state index is 12.5. The molecular formula is C16H32N2O. The van der Waals surface area contributed by atoms with E-state index in [-0.39, 0.29) is 12.0 Å². The summed E-state index contributed by atoms with van der Waals surface area (Å²) in [5, 5.41) is 0. The maximum absolute atomic E-state index is 12.5. The average molecular weight is 268 g/mol. The van der Waals surface area contributed by atoms with Crippen molar-refractivity contribution in [2.24, 2.45) is 11.7 Å². The number of carbonyl (C=O) groups is 1. The molecule has 0 saturated heterocycles. The number of nitrogens with zero attached hydrogens (tertiary/aromatic N) is 1. The second-order valence-corrected chi connectivity index (χ2v) is 6.01. The zero-order chi connectivity index (χ0) is 14.1. The fourth-order valence-electron chi connectivity index (χ4n) is 2.94. The first kappa shape index (κ1) is 16.5. The second-order valence-electron chi connectivity index (χ2n) is 6.01. The third-order valence-electron chi connectivity index (χ3n) is 4.20. The summed E-state index contributed by atoms with van der Waals surface area (Å²) in [6.07, 6.45) is 10.1. The summed E-state index contributed by atoms with van der Waals surface area (Å²) >= 11 is 0. The maximum Gasteiger partial charge on any atom is 0.225 e. The van der Waals surface area contributed by atoms with Gasteiger partial charge in [-0.3, -0.25) is 4.79 Å². The van der Waals surface area contributed by atoms with Crippen LogP contribution in [0, 0.1) is 5.92 Å². The molecule has 2 atom stereocenters. The minimum Gasteiger partial charge on any atom is -0.342 e. The molecular weight excluding hydrogens is 236 g/mol. The molecule has 1 saturated carbocycles. The highest BCUT2D eigenvalue weighted by Gasteiger charge is 2.30. The standard InChI is InChI=1S/C16H32N2O/c1-3-5-7-11-18(12-8-6-4-2)16(19)14-9-10-15(17)13-14/h14-15H,3-13,17H2,1-2H3. The summed E-state index contributed by atoms with van der Waals surface area (Å²) in [5.41, 5.74) is 5.94. The third kappa shape index (κ3) is 5.94. The molecule has 19 heavy (non-hydrogen) atoms. The van der Waals surface area contributed by atoms with Gasteiger partial charge in [0.15, 0.2) is 0 Å². The van der Waals surface area contributed by atoms with Crippen LogP contribution in [-0.4, -0.2) is 29.9 Å². The van der Waals surface area contributed by atoms with Crippen molar-refractivity contribution in [3.05, 3.63) is 0 Å². The van der Waals surface area contributed by atoms with E-state index in [1.165, 1.54) is 25.7 Å². The molecule has 1 amide bonds. The number of unbranched alkanes of at least 4 members (excludes halogenated alkanes) is 4. The van der Waals surface area contributed by atoms with E-state index in [2.05, 4.69) is 18.7 Å². The molecule has 1 aliphatic carbocycles. The van der Waals surface area contributed by atoms with Crippen LogP contribution in [0.3, 0.4) is 0 Å². The Morgan fingerprint density at radius 3 is 2.05 bits per heavy atom. The molecule has 0 aliphatic heterocycles. The van der Waals surface area contributed by atoms with Crippen LogP contribution in [0.5, 0.6) is 0 Å². The first-order chi connectivity index (χ1) is 9.19. The van der Waals surface area contributed by atoms with Gasteiger partial charge in [0.1, 0.15) is 0 Å². The van der Waals surface area contributed by atoms with E-state index in [1.54, 1.807) is 0 Å². The highest BCUT2D eigenvalue weighted by atomic mass is 16.2. The van der Waals surface area contributed by atoms with Gasteiger partial charge in [-0.2, -0.15) is 0 Å². The molecule has 0 aromatic heterocycles. The SMILES string of the molecule is CCCCCN(CCCCC)C(=O)C1CCC(N)C1. The Morgan fingerprint density at radius 2 is 1.63 bits per heavy atom. The van der Waals surface area contributed by atoms with Crippen molar-refractivity contribution in [3.63, 3.8) is 0 Å². The first-order valence-electron chi connectivity index (χ1n) is 8.23. The Labute approximate surface area is 118 Å². The lowest BCUT2D eigenvalue weighted by Gasteiger charge is -2.26. The summed E-state index contributed by atoms with van der Waals surface area (Å²) in [4.78, 5) is 14.7. The highest BCUT2D eigenvalue weighted by Crippen LogP contribution is 2.26. The van der Waals surface area contributed by atoms with E-state index < -0.39 is 0 Å². The molecule has 0 radical (unpaired) electrons. The number of hydrogen-bond acceptors (Lipinski definition) is 2. The number of amides is 1. The van der Waals surface area contributed by atoms with Gasteiger partial charge >= 0.3 is 0 Å². The van der Waals surface area contributed by atoms with Crippen LogP contribution in [0.15, 0.2) is 0 Å². The van der Waals surface area contributed by atoms with Crippen molar-refractivity contribution < 1.29 is 4.79 Å². The van der Waals surface area contributed by atoms with Crippen molar-refractivity contribution in [1.29, 1.82) is 0 Å². The first-order valence-corrected chi connectivity index (χ1v) is 8.23. The van der Waals surface area contributed by atoms with Crippen LogP contribution >= 0.6 is 0 Å². The van der Waals surface area contributed by atoms with Gasteiger partial charge in [-0.1, -0.05) is 39.5 Å². The van der Waals surface area contributed by atoms with Gasteiger partial charge in [-0.05, 0) is 32.1 Å². The lowest BCUT2D eigenvalue weighted by Crippen LogP contribution is -2.37. The van der Waals surface area contributed by atoms with E-state index in [0.29, 0.717) is 5.91 Å². The summed E-state index contributed by atoms with van der Waals surface area (Å²) in [6, 6.07) is 0.252. The summed E-state index contributed by atoms with van der Waals surface area (Å²) in [5.74, 6) is 0.582. The van der Waals surface area contributed by atoms with Crippen LogP contribution in [0.2, 0.25) is 0 Å². The minimum atomic E-state index is 0.207. The predicted molar refractivity (Wildman–Crippen MR) is 80.9 cm³/mol. The largest absolute Gasteiger partial charge is 0.342 e. The zero-order valence-corrected chi connectivity index (χ0v) is 12.9. The number of hydrogen-bond donors (Lipinski definition) is 1. The van der Waals surface area contributed by atoms with Crippen LogP contribution in [0.1, 0.15) is 71.6 Å². The molecule has 1 aliphatic rings. The van der Waals surface area contributed by atoms with Crippen LogP contribution in [-0.2, 0) is 4.79 Å². The van der Waals surface area contributed by atoms with Gasteiger partial charge in [0.05, 0.1) is 0 Å². The van der Waals surface area contributed by atoms with E-state index in [4.69, 9.17) is 5.73 Å². The monoisotopic (exact) mass is 268 g/mol. The van der Waals surface area contributed by atoms with Crippen LogP contribution < -0.4 is 5.73 Å². The van der Waals surface area contributed by atoms with Crippen LogP contribution in [0.25, 0.3) is 0 Å². The van der Waals surface area contributed by atoms with E-state index in [1.807, 2.05) is 0 Å². The average Bonchev–Trinajstić information content (AvgIpc) is 2.83. The fraction of sp³-hybridized carbons (Fsp3) is 0.938. The molecule has 2 N–H and O–H groups in total. The van der Waals surface area contributed by atoms with Gasteiger partial charge in [-0.25, -0.2) is 0 Å². The molecule has 0 heterocycles. The van der Waals surface area contributed by atoms with E-state index in [9.17, 15) is 4.79 Å². The summed E-state index contributed by atoms with van der Waals surface area (Å²) in [7, 11) is 0. The molecule has 3 nitrogen and oxygen atoms in total. The van der Waals surface area contributed by atoms with E-state index in [0.717, 1.165) is 45.2 Å². The quantitative estimate of drug-likeness (QED) is 0.652. The molecule has 0 aromatic carbocycles. The Bertz CT molecular complexity index is 245. The fourth-order valence-corrected chi connectivity index (χ4v) is 2.94. The van der Waals surface area contributed by atoms with Gasteiger partial charge in [0.25, 0.3) is 0 Å². The Kier molecular flexibility index (Phi) is 8.11. The molecule has 1 fully saturated rings. The van der Waals surface area contributed by atoms with Gasteiger partial charge < -0.3 is 10.6 Å². The van der Waals surface area contributed by atoms with Crippen molar-refractivity contribution >= 4 is 5.91 Å². The zero-order valence-electron chi connectivity index (χ0n) is 12.9. The number of nitrogens with two attached hydrogens (primary N) is 1. The Morgan fingerprint density at radius 1 is 1.05 bits per heavy atom. The lowest BCUT2D eigenvalue weighted by atomic mass is 10.1. The van der Waals surface area contributed by atoms with Crippen molar-refractivity contribution in [2.75, 3.05) is 13.1 Å². The summed E-state index contributed by atoms with van der Waals surface area (Å²) in [6.45, 7) is 6.31. The molecule has 2 unspecified atom stereocenters. The van der Waals surface area contributed by atoms with E-state index >= 15 is 0 Å². The molecule has 1 rings (SSSR count). The van der Waals surface area contributed by atoms with Gasteiger partial charge in [0.2, 0.25) is 5.91 Å². The predicted octanol–water partition coefficient (Wildman–Crippen LogP) is 3.32. The van der Waals surface area contributed by atoms with Crippen molar-refractivity contribution in [3.8, 4) is 0 Å². The Hall–Kier alpha value is -0.570. The number of rotatable bonds is 9. The molecule has 0 spiro atoms. The van der Waals surface area contributed by atoms with Gasteiger partial charge in [0, 0.05) is 25.0 Å². The smallest absolute Gasteiger partial charge is 0.225 e. The topological polar surface area (TPSA) is 46.3 Å². The molecule has 0 aromatic rings. The van der Waals surface area contributed by atoms with Gasteiger partial charge in [-0.15, -0.1) is 0 Å². The van der Waals surface area contributed by atoms with Crippen molar-refractivity contribution in [1.82, 2.24) is 4.90 Å². The second kappa shape index (κ2) is 9.35. The number of carbonyl (C=O) groups excluding carboxylic acids is 1. The Balaban J connectivity index is 2.42. The molecule has 0 bridgehead atoms.